The Morgan fingerprint density at radius 3 is 2.19 bits per heavy atom. The van der Waals surface area contributed by atoms with Crippen molar-refractivity contribution in [3.05, 3.63) is 0 Å². The fourth-order valence-electron chi connectivity index (χ4n) is 0.928. The van der Waals surface area contributed by atoms with Gasteiger partial charge in [0.25, 0.3) is 0 Å². The second-order valence-corrected chi connectivity index (χ2v) is 2.96. The first-order chi connectivity index (χ1) is 7.57. The number of rotatable bonds is 7. The van der Waals surface area contributed by atoms with Crippen molar-refractivity contribution in [3.8, 4) is 0 Å². The van der Waals surface area contributed by atoms with Crippen LogP contribution in [0, 0.1) is 0 Å². The molecule has 2 amide bonds. The van der Waals surface area contributed by atoms with Gasteiger partial charge in [0.2, 0.25) is 11.8 Å². The molecule has 0 rings (SSSR count). The van der Waals surface area contributed by atoms with Crippen molar-refractivity contribution >= 4 is 11.8 Å². The van der Waals surface area contributed by atoms with Gasteiger partial charge < -0.3 is 21.7 Å². The van der Waals surface area contributed by atoms with Crippen molar-refractivity contribution < 1.29 is 9.59 Å². The number of primary amides is 1. The predicted molar refractivity (Wildman–Crippen MR) is 64.9 cm³/mol. The van der Waals surface area contributed by atoms with Crippen LogP contribution in [0.25, 0.3) is 0 Å². The van der Waals surface area contributed by atoms with E-state index < -0.39 is 11.9 Å². The largest absolute Gasteiger partial charge is 0.368 e. The molecule has 0 saturated carbocycles. The number of likely N-dealkylation sites (N-methyl/N-ethyl adjacent to an activating group) is 1. The number of nitrogens with one attached hydrogen (secondary N) is 3. The van der Waals surface area contributed by atoms with E-state index in [1.165, 1.54) is 6.92 Å². The number of carbonyl (C=O) groups excluding carboxylic acids is 2. The minimum absolute atomic E-state index is 0.260. The van der Waals surface area contributed by atoms with E-state index in [4.69, 9.17) is 5.73 Å². The third-order valence-corrected chi connectivity index (χ3v) is 1.62. The van der Waals surface area contributed by atoms with Gasteiger partial charge in [-0.15, -0.1) is 0 Å². The predicted octanol–water partition coefficient (Wildman–Crippen LogP) is -1.19. The molecule has 0 aliphatic carbocycles. The quantitative estimate of drug-likeness (QED) is 0.415. The molecule has 1 atom stereocenters. The van der Waals surface area contributed by atoms with Gasteiger partial charge in [-0.05, 0) is 7.05 Å². The second-order valence-electron chi connectivity index (χ2n) is 2.96. The molecule has 6 nitrogen and oxygen atoms in total. The summed E-state index contributed by atoms with van der Waals surface area (Å²) in [5, 5.41) is 8.40. The molecule has 0 aromatic carbocycles. The molecule has 0 spiro atoms. The fourth-order valence-corrected chi connectivity index (χ4v) is 0.928. The van der Waals surface area contributed by atoms with Gasteiger partial charge in [0.1, 0.15) is 6.04 Å². The summed E-state index contributed by atoms with van der Waals surface area (Å²) in [6.07, 6.45) is 0. The van der Waals surface area contributed by atoms with E-state index in [2.05, 4.69) is 16.0 Å². The van der Waals surface area contributed by atoms with Crippen LogP contribution < -0.4 is 21.7 Å². The third kappa shape index (κ3) is 10.9. The molecule has 0 heterocycles. The van der Waals surface area contributed by atoms with E-state index in [9.17, 15) is 9.59 Å². The topological polar surface area (TPSA) is 96.2 Å². The van der Waals surface area contributed by atoms with Crippen molar-refractivity contribution in [2.45, 2.75) is 26.8 Å². The zero-order chi connectivity index (χ0) is 13.0. The van der Waals surface area contributed by atoms with Crippen molar-refractivity contribution in [2.75, 3.05) is 26.7 Å². The highest BCUT2D eigenvalue weighted by atomic mass is 16.2. The number of hydrogen-bond acceptors (Lipinski definition) is 4. The van der Waals surface area contributed by atoms with Crippen molar-refractivity contribution in [1.29, 1.82) is 0 Å². The molecule has 0 aliphatic rings. The maximum absolute atomic E-state index is 10.9. The van der Waals surface area contributed by atoms with Gasteiger partial charge >= 0.3 is 0 Å². The van der Waals surface area contributed by atoms with Gasteiger partial charge in [-0.3, -0.25) is 9.59 Å². The lowest BCUT2D eigenvalue weighted by Gasteiger charge is -2.14. The monoisotopic (exact) mass is 232 g/mol. The Labute approximate surface area is 97.3 Å². The lowest BCUT2D eigenvalue weighted by Crippen LogP contribution is -2.50. The Balaban J connectivity index is 0. The summed E-state index contributed by atoms with van der Waals surface area (Å²) in [4.78, 5) is 21.5. The first-order valence-corrected chi connectivity index (χ1v) is 5.49. The molecule has 0 bridgehead atoms. The van der Waals surface area contributed by atoms with Crippen LogP contribution in [-0.4, -0.2) is 44.5 Å². The molecule has 5 N–H and O–H groups in total. The van der Waals surface area contributed by atoms with Crippen molar-refractivity contribution in [2.24, 2.45) is 5.73 Å². The molecule has 0 aromatic rings. The minimum atomic E-state index is -0.635. The minimum Gasteiger partial charge on any atom is -0.368 e. The summed E-state index contributed by atoms with van der Waals surface area (Å²) in [6, 6.07) is -0.635. The van der Waals surface area contributed by atoms with Gasteiger partial charge in [0, 0.05) is 26.6 Å². The average Bonchev–Trinajstić information content (AvgIpc) is 2.24. The molecule has 0 aromatic heterocycles. The number of hydrogen-bond donors (Lipinski definition) is 4. The molecule has 0 fully saturated rings. The standard InChI is InChI=1S/C8H18N4O2.C2H6/c1-6(13)12-7(8(9)14)5-11-4-3-10-2;1-2/h7,10-11H,3-5H2,1-2H3,(H2,9,14)(H,12,13);1-2H3. The van der Waals surface area contributed by atoms with E-state index in [1.54, 1.807) is 0 Å². The van der Waals surface area contributed by atoms with Crippen LogP contribution in [0.5, 0.6) is 0 Å². The normalized spacial score (nSPS) is 11.0. The van der Waals surface area contributed by atoms with Crippen LogP contribution in [0.1, 0.15) is 20.8 Å². The summed E-state index contributed by atoms with van der Waals surface area (Å²) in [5.41, 5.74) is 5.09. The smallest absolute Gasteiger partial charge is 0.241 e. The highest BCUT2D eigenvalue weighted by Crippen LogP contribution is 1.80. The van der Waals surface area contributed by atoms with Gasteiger partial charge in [-0.2, -0.15) is 0 Å². The van der Waals surface area contributed by atoms with E-state index in [1.807, 2.05) is 20.9 Å². The maximum Gasteiger partial charge on any atom is 0.241 e. The molecular formula is C10H24N4O2. The maximum atomic E-state index is 10.9. The Morgan fingerprint density at radius 2 is 1.81 bits per heavy atom. The molecule has 0 radical (unpaired) electrons. The fraction of sp³-hybridized carbons (Fsp3) is 0.800. The third-order valence-electron chi connectivity index (χ3n) is 1.62. The zero-order valence-corrected chi connectivity index (χ0v) is 10.6. The highest BCUT2D eigenvalue weighted by molar-refractivity contribution is 5.85. The first-order valence-electron chi connectivity index (χ1n) is 5.49. The molecule has 0 saturated heterocycles. The van der Waals surface area contributed by atoms with Crippen LogP contribution in [-0.2, 0) is 9.59 Å². The van der Waals surface area contributed by atoms with Crippen molar-refractivity contribution in [3.63, 3.8) is 0 Å². The van der Waals surface area contributed by atoms with E-state index in [0.717, 1.165) is 13.1 Å². The van der Waals surface area contributed by atoms with Gasteiger partial charge in [0.05, 0.1) is 0 Å². The van der Waals surface area contributed by atoms with Gasteiger partial charge in [0.15, 0.2) is 0 Å². The SMILES string of the molecule is CC.CNCCNCC(NC(C)=O)C(N)=O. The second kappa shape index (κ2) is 11.9. The Morgan fingerprint density at radius 1 is 1.25 bits per heavy atom. The average molecular weight is 232 g/mol. The zero-order valence-electron chi connectivity index (χ0n) is 10.6. The highest BCUT2D eigenvalue weighted by Gasteiger charge is 2.14. The lowest BCUT2D eigenvalue weighted by molar-refractivity contribution is -0.126. The van der Waals surface area contributed by atoms with E-state index >= 15 is 0 Å². The summed E-state index contributed by atoms with van der Waals surface area (Å²) < 4.78 is 0. The van der Waals surface area contributed by atoms with Crippen molar-refractivity contribution in [1.82, 2.24) is 16.0 Å². The van der Waals surface area contributed by atoms with Crippen LogP contribution in [0.2, 0.25) is 0 Å². The lowest BCUT2D eigenvalue weighted by atomic mass is 10.2. The summed E-state index contributed by atoms with van der Waals surface area (Å²) in [5.74, 6) is -0.790. The summed E-state index contributed by atoms with van der Waals surface area (Å²) >= 11 is 0. The van der Waals surface area contributed by atoms with Crippen LogP contribution in [0.15, 0.2) is 0 Å². The molecule has 1 unspecified atom stereocenters. The molecule has 0 aliphatic heterocycles. The molecule has 6 heteroatoms. The Kier molecular flexibility index (Phi) is 12.9. The van der Waals surface area contributed by atoms with E-state index in [0.29, 0.717) is 6.54 Å². The Bertz CT molecular complexity index is 197. The van der Waals surface area contributed by atoms with E-state index in [-0.39, 0.29) is 5.91 Å². The van der Waals surface area contributed by atoms with Crippen LogP contribution in [0.3, 0.4) is 0 Å². The van der Waals surface area contributed by atoms with Gasteiger partial charge in [-0.1, -0.05) is 13.8 Å². The van der Waals surface area contributed by atoms with Crippen LogP contribution in [0.4, 0.5) is 0 Å². The summed E-state index contributed by atoms with van der Waals surface area (Å²) in [6.45, 7) is 7.23. The molecule has 16 heavy (non-hydrogen) atoms. The summed E-state index contributed by atoms with van der Waals surface area (Å²) in [7, 11) is 1.83. The van der Waals surface area contributed by atoms with Gasteiger partial charge in [-0.25, -0.2) is 0 Å². The number of amides is 2. The first kappa shape index (κ1) is 17.3. The molecule has 96 valence electrons. The Hall–Kier alpha value is -1.14. The molecular weight excluding hydrogens is 208 g/mol. The number of nitrogens with two attached hydrogens (primary N) is 1. The van der Waals surface area contributed by atoms with Crippen LogP contribution >= 0.6 is 0 Å². The number of carbonyl (C=O) groups is 2.